The van der Waals surface area contributed by atoms with Crippen LogP contribution in [-0.2, 0) is 9.47 Å². The van der Waals surface area contributed by atoms with Crippen molar-refractivity contribution < 1.29 is 19.1 Å². The molecule has 0 heterocycles. The van der Waals surface area contributed by atoms with E-state index >= 15 is 0 Å². The molecule has 0 aliphatic rings. The molecule has 1 aromatic carbocycles. The molecule has 1 rings (SSSR count). The number of carbonyl (C=O) groups is 2. The number of amides is 2. The van der Waals surface area contributed by atoms with Gasteiger partial charge in [-0.1, -0.05) is 0 Å². The SMILES string of the molecule is CC(C)(C)OC(=O)Nc1ccc(NC(=O)OC(C)(C)C)cc1. The number of nitrogens with one attached hydrogen (secondary N) is 2. The van der Waals surface area contributed by atoms with Crippen molar-refractivity contribution in [2.24, 2.45) is 0 Å². The number of anilines is 2. The first-order chi connectivity index (χ1) is 9.94. The van der Waals surface area contributed by atoms with Crippen molar-refractivity contribution in [3.8, 4) is 0 Å². The predicted molar refractivity (Wildman–Crippen MR) is 86.2 cm³/mol. The van der Waals surface area contributed by atoms with E-state index in [1.54, 1.807) is 65.8 Å². The molecule has 0 unspecified atom stereocenters. The van der Waals surface area contributed by atoms with Gasteiger partial charge >= 0.3 is 12.2 Å². The fourth-order valence-corrected chi connectivity index (χ4v) is 1.48. The molecule has 0 atom stereocenters. The molecule has 0 aliphatic carbocycles. The summed E-state index contributed by atoms with van der Waals surface area (Å²) < 4.78 is 10.3. The second-order valence-corrected chi connectivity index (χ2v) is 6.83. The first kappa shape index (κ1) is 17.8. The molecule has 1 aromatic rings. The molecular weight excluding hydrogens is 284 g/mol. The van der Waals surface area contributed by atoms with Crippen LogP contribution in [0.4, 0.5) is 21.0 Å². The lowest BCUT2D eigenvalue weighted by Gasteiger charge is -2.20. The first-order valence-corrected chi connectivity index (χ1v) is 7.05. The third-order valence-corrected chi connectivity index (χ3v) is 2.18. The van der Waals surface area contributed by atoms with Crippen LogP contribution in [0.15, 0.2) is 24.3 Å². The van der Waals surface area contributed by atoms with Crippen LogP contribution < -0.4 is 10.6 Å². The highest BCUT2D eigenvalue weighted by Crippen LogP contribution is 2.16. The second kappa shape index (κ2) is 6.68. The van der Waals surface area contributed by atoms with E-state index in [0.29, 0.717) is 11.4 Å². The zero-order valence-corrected chi connectivity index (χ0v) is 13.9. The van der Waals surface area contributed by atoms with E-state index < -0.39 is 23.4 Å². The van der Waals surface area contributed by atoms with Gasteiger partial charge in [-0.05, 0) is 65.8 Å². The summed E-state index contributed by atoms with van der Waals surface area (Å²) in [6.45, 7) is 10.8. The van der Waals surface area contributed by atoms with E-state index in [1.807, 2.05) is 0 Å². The summed E-state index contributed by atoms with van der Waals surface area (Å²) in [5, 5.41) is 5.22. The van der Waals surface area contributed by atoms with Crippen molar-refractivity contribution in [1.82, 2.24) is 0 Å². The minimum absolute atomic E-state index is 0.527. The second-order valence-electron chi connectivity index (χ2n) is 6.83. The molecule has 2 amide bonds. The average molecular weight is 308 g/mol. The summed E-state index contributed by atoms with van der Waals surface area (Å²) in [5.74, 6) is 0. The summed E-state index contributed by atoms with van der Waals surface area (Å²) in [6.07, 6.45) is -1.05. The summed E-state index contributed by atoms with van der Waals surface area (Å²) >= 11 is 0. The smallest absolute Gasteiger partial charge is 0.412 e. The van der Waals surface area contributed by atoms with Gasteiger partial charge in [-0.2, -0.15) is 0 Å². The Morgan fingerprint density at radius 3 is 1.23 bits per heavy atom. The summed E-state index contributed by atoms with van der Waals surface area (Å²) in [5.41, 5.74) is 0.0397. The van der Waals surface area contributed by atoms with Gasteiger partial charge in [-0.15, -0.1) is 0 Å². The molecule has 6 nitrogen and oxygen atoms in total. The van der Waals surface area contributed by atoms with Gasteiger partial charge in [0.15, 0.2) is 0 Å². The van der Waals surface area contributed by atoms with Crippen LogP contribution in [0.1, 0.15) is 41.5 Å². The van der Waals surface area contributed by atoms with Gasteiger partial charge in [0.05, 0.1) is 0 Å². The van der Waals surface area contributed by atoms with E-state index in [1.165, 1.54) is 0 Å². The highest BCUT2D eigenvalue weighted by atomic mass is 16.6. The maximum atomic E-state index is 11.6. The Labute approximate surface area is 131 Å². The molecule has 0 bridgehead atoms. The van der Waals surface area contributed by atoms with Crippen molar-refractivity contribution >= 4 is 23.6 Å². The number of benzene rings is 1. The largest absolute Gasteiger partial charge is 0.444 e. The van der Waals surface area contributed by atoms with E-state index in [4.69, 9.17) is 9.47 Å². The molecule has 0 aliphatic heterocycles. The maximum absolute atomic E-state index is 11.6. The van der Waals surface area contributed by atoms with E-state index in [2.05, 4.69) is 10.6 Å². The van der Waals surface area contributed by atoms with Crippen LogP contribution in [-0.4, -0.2) is 23.4 Å². The lowest BCUT2D eigenvalue weighted by Crippen LogP contribution is -2.27. The maximum Gasteiger partial charge on any atom is 0.412 e. The Morgan fingerprint density at radius 2 is 1.00 bits per heavy atom. The van der Waals surface area contributed by atoms with E-state index in [0.717, 1.165) is 0 Å². The average Bonchev–Trinajstić information content (AvgIpc) is 2.26. The van der Waals surface area contributed by atoms with Crippen LogP contribution in [0, 0.1) is 0 Å². The third-order valence-electron chi connectivity index (χ3n) is 2.18. The van der Waals surface area contributed by atoms with Crippen LogP contribution in [0.5, 0.6) is 0 Å². The highest BCUT2D eigenvalue weighted by molar-refractivity contribution is 5.87. The Balaban J connectivity index is 2.56. The Kier molecular flexibility index (Phi) is 5.41. The molecule has 0 aromatic heterocycles. The lowest BCUT2D eigenvalue weighted by atomic mass is 10.2. The number of carbonyl (C=O) groups excluding carboxylic acids is 2. The van der Waals surface area contributed by atoms with Gasteiger partial charge in [0, 0.05) is 11.4 Å². The quantitative estimate of drug-likeness (QED) is 0.850. The molecule has 0 saturated heterocycles. The van der Waals surface area contributed by atoms with E-state index in [-0.39, 0.29) is 0 Å². The van der Waals surface area contributed by atoms with Crippen molar-refractivity contribution in [3.63, 3.8) is 0 Å². The van der Waals surface area contributed by atoms with Gasteiger partial charge in [0.2, 0.25) is 0 Å². The number of ether oxygens (including phenoxy) is 2. The summed E-state index contributed by atoms with van der Waals surface area (Å²) in [6, 6.07) is 6.65. The number of hydrogen-bond acceptors (Lipinski definition) is 4. The van der Waals surface area contributed by atoms with Crippen molar-refractivity contribution in [2.45, 2.75) is 52.7 Å². The van der Waals surface area contributed by atoms with Crippen LogP contribution in [0.3, 0.4) is 0 Å². The summed E-state index contributed by atoms with van der Waals surface area (Å²) in [4.78, 5) is 23.2. The topological polar surface area (TPSA) is 76.7 Å². The van der Waals surface area contributed by atoms with Crippen LogP contribution in [0.2, 0.25) is 0 Å². The Morgan fingerprint density at radius 1 is 0.727 bits per heavy atom. The number of hydrogen-bond donors (Lipinski definition) is 2. The minimum Gasteiger partial charge on any atom is -0.444 e. The zero-order chi connectivity index (χ0) is 17.0. The Hall–Kier alpha value is -2.24. The molecule has 2 N–H and O–H groups in total. The molecule has 22 heavy (non-hydrogen) atoms. The molecule has 0 radical (unpaired) electrons. The van der Waals surface area contributed by atoms with Gasteiger partial charge in [0.1, 0.15) is 11.2 Å². The van der Waals surface area contributed by atoms with Crippen molar-refractivity contribution in [1.29, 1.82) is 0 Å². The van der Waals surface area contributed by atoms with Gasteiger partial charge in [-0.25, -0.2) is 9.59 Å². The van der Waals surface area contributed by atoms with Gasteiger partial charge < -0.3 is 9.47 Å². The summed E-state index contributed by atoms with van der Waals surface area (Å²) in [7, 11) is 0. The highest BCUT2D eigenvalue weighted by Gasteiger charge is 2.17. The lowest BCUT2D eigenvalue weighted by molar-refractivity contribution is 0.0624. The third kappa shape index (κ3) is 7.52. The first-order valence-electron chi connectivity index (χ1n) is 7.05. The van der Waals surface area contributed by atoms with Crippen LogP contribution >= 0.6 is 0 Å². The molecular formula is C16H24N2O4. The monoisotopic (exact) mass is 308 g/mol. The molecule has 0 saturated carbocycles. The fraction of sp³-hybridized carbons (Fsp3) is 0.500. The van der Waals surface area contributed by atoms with Crippen molar-refractivity contribution in [2.75, 3.05) is 10.6 Å². The van der Waals surface area contributed by atoms with Crippen molar-refractivity contribution in [3.05, 3.63) is 24.3 Å². The van der Waals surface area contributed by atoms with Gasteiger partial charge in [0.25, 0.3) is 0 Å². The molecule has 0 fully saturated rings. The Bertz CT molecular complexity index is 476. The zero-order valence-electron chi connectivity index (χ0n) is 13.9. The van der Waals surface area contributed by atoms with Crippen LogP contribution in [0.25, 0.3) is 0 Å². The minimum atomic E-state index is -0.553. The predicted octanol–water partition coefficient (Wildman–Crippen LogP) is 4.38. The fourth-order valence-electron chi connectivity index (χ4n) is 1.48. The molecule has 6 heteroatoms. The van der Waals surface area contributed by atoms with Gasteiger partial charge in [-0.3, -0.25) is 10.6 Å². The standard InChI is InChI=1S/C16H24N2O4/c1-15(2,3)21-13(19)17-11-7-9-12(10-8-11)18-14(20)22-16(4,5)6/h7-10H,1-6H3,(H,17,19)(H,18,20). The molecule has 122 valence electrons. The number of rotatable bonds is 2. The van der Waals surface area contributed by atoms with E-state index in [9.17, 15) is 9.59 Å². The molecule has 0 spiro atoms. The normalized spacial score (nSPS) is 11.5.